The highest BCUT2D eigenvalue weighted by Crippen LogP contribution is 2.24. The van der Waals surface area contributed by atoms with Crippen LogP contribution in [0.4, 0.5) is 10.5 Å². The molecule has 2 rings (SSSR count). The number of amides is 2. The van der Waals surface area contributed by atoms with Crippen molar-refractivity contribution in [1.29, 1.82) is 0 Å². The van der Waals surface area contributed by atoms with Gasteiger partial charge in [-0.2, -0.15) is 0 Å². The third-order valence-electron chi connectivity index (χ3n) is 3.03. The largest absolute Gasteiger partial charge is 0.508 e. The molecule has 2 amide bonds. The quantitative estimate of drug-likeness (QED) is 0.680. The van der Waals surface area contributed by atoms with Crippen LogP contribution < -0.4 is 5.32 Å². The Bertz CT molecular complexity index is 611. The Morgan fingerprint density at radius 2 is 1.68 bits per heavy atom. The van der Waals surface area contributed by atoms with Gasteiger partial charge in [-0.15, -0.1) is 0 Å². The number of carbonyl (C=O) groups is 1. The molecular weight excluding hydrogens is 284 g/mol. The van der Waals surface area contributed by atoms with Crippen molar-refractivity contribution in [1.82, 2.24) is 4.90 Å². The molecule has 0 aromatic heterocycles. The smallest absolute Gasteiger partial charge is 0.322 e. The number of aliphatic hydroxyl groups excluding tert-OH is 1. The lowest BCUT2D eigenvalue weighted by Crippen LogP contribution is -2.36. The second kappa shape index (κ2) is 7.33. The molecule has 0 spiro atoms. The summed E-state index contributed by atoms with van der Waals surface area (Å²) in [6.07, 6.45) is 0. The minimum absolute atomic E-state index is 0.146. The number of anilines is 1. The molecule has 0 unspecified atom stereocenters. The molecule has 2 aromatic rings. The number of urea groups is 1. The first-order valence-electron chi connectivity index (χ1n) is 6.82. The van der Waals surface area contributed by atoms with Crippen LogP contribution in [0.5, 0.6) is 11.5 Å². The molecular formula is C16H18N2O4. The Hall–Kier alpha value is -2.73. The molecule has 0 saturated carbocycles. The van der Waals surface area contributed by atoms with Gasteiger partial charge in [0.05, 0.1) is 6.61 Å². The summed E-state index contributed by atoms with van der Waals surface area (Å²) in [6.45, 7) is 0.356. The van der Waals surface area contributed by atoms with Gasteiger partial charge in [0, 0.05) is 37.0 Å². The maximum Gasteiger partial charge on any atom is 0.322 e. The zero-order valence-electron chi connectivity index (χ0n) is 11.9. The number of carbonyl (C=O) groups excluding carboxylic acids is 1. The normalized spacial score (nSPS) is 10.2. The Balaban J connectivity index is 2.09. The van der Waals surface area contributed by atoms with E-state index in [4.69, 9.17) is 5.11 Å². The van der Waals surface area contributed by atoms with E-state index in [1.807, 2.05) is 30.3 Å². The van der Waals surface area contributed by atoms with Crippen LogP contribution >= 0.6 is 0 Å². The van der Waals surface area contributed by atoms with Crippen LogP contribution in [0.25, 0.3) is 0 Å². The number of phenols is 2. The van der Waals surface area contributed by atoms with E-state index < -0.39 is 6.03 Å². The average Bonchev–Trinajstić information content (AvgIpc) is 2.46. The van der Waals surface area contributed by atoms with Crippen LogP contribution in [0, 0.1) is 0 Å². The van der Waals surface area contributed by atoms with Gasteiger partial charge in [0.1, 0.15) is 11.5 Å². The molecule has 0 aliphatic heterocycles. The Kier molecular flexibility index (Phi) is 5.21. The monoisotopic (exact) mass is 302 g/mol. The number of nitrogens with zero attached hydrogens (tertiary/aromatic N) is 1. The molecule has 0 atom stereocenters. The van der Waals surface area contributed by atoms with E-state index in [0.717, 1.165) is 5.56 Å². The van der Waals surface area contributed by atoms with Crippen LogP contribution in [0.15, 0.2) is 48.5 Å². The molecule has 2 aromatic carbocycles. The van der Waals surface area contributed by atoms with Gasteiger partial charge in [-0.25, -0.2) is 4.79 Å². The van der Waals surface area contributed by atoms with Crippen LogP contribution in [-0.2, 0) is 6.54 Å². The SMILES string of the molecule is O=C(Nc1cc(O)cc(O)c1)N(CCO)Cc1ccccc1. The summed E-state index contributed by atoms with van der Waals surface area (Å²) in [6, 6.07) is 12.8. The van der Waals surface area contributed by atoms with Gasteiger partial charge in [-0.05, 0) is 5.56 Å². The Labute approximate surface area is 128 Å². The third kappa shape index (κ3) is 4.39. The van der Waals surface area contributed by atoms with Crippen molar-refractivity contribution in [2.75, 3.05) is 18.5 Å². The molecule has 0 aliphatic carbocycles. The predicted molar refractivity (Wildman–Crippen MR) is 82.7 cm³/mol. The lowest BCUT2D eigenvalue weighted by atomic mass is 10.2. The molecule has 0 bridgehead atoms. The van der Waals surface area contributed by atoms with E-state index in [1.165, 1.54) is 23.1 Å². The zero-order chi connectivity index (χ0) is 15.9. The summed E-state index contributed by atoms with van der Waals surface area (Å²) in [4.78, 5) is 13.7. The van der Waals surface area contributed by atoms with Gasteiger partial charge in [-0.1, -0.05) is 30.3 Å². The van der Waals surface area contributed by atoms with Gasteiger partial charge in [0.25, 0.3) is 0 Å². The molecule has 6 nitrogen and oxygen atoms in total. The molecule has 22 heavy (non-hydrogen) atoms. The standard InChI is InChI=1S/C16H18N2O4/c19-7-6-18(11-12-4-2-1-3-5-12)16(22)17-13-8-14(20)10-15(21)9-13/h1-5,8-10,19-21H,6-7,11H2,(H,17,22). The predicted octanol–water partition coefficient (Wildman–Crippen LogP) is 2.12. The lowest BCUT2D eigenvalue weighted by Gasteiger charge is -2.22. The van der Waals surface area contributed by atoms with Crippen molar-refractivity contribution in [2.24, 2.45) is 0 Å². The second-order valence-electron chi connectivity index (χ2n) is 4.80. The number of hydrogen-bond acceptors (Lipinski definition) is 4. The van der Waals surface area contributed by atoms with Crippen molar-refractivity contribution in [3.8, 4) is 11.5 Å². The topological polar surface area (TPSA) is 93.0 Å². The van der Waals surface area contributed by atoms with Crippen molar-refractivity contribution in [3.05, 3.63) is 54.1 Å². The van der Waals surface area contributed by atoms with Crippen molar-refractivity contribution in [3.63, 3.8) is 0 Å². The molecule has 0 radical (unpaired) electrons. The second-order valence-corrected chi connectivity index (χ2v) is 4.80. The molecule has 0 saturated heterocycles. The summed E-state index contributed by atoms with van der Waals surface area (Å²) in [7, 11) is 0. The summed E-state index contributed by atoms with van der Waals surface area (Å²) in [5.41, 5.74) is 1.21. The van der Waals surface area contributed by atoms with Gasteiger partial charge in [0.2, 0.25) is 0 Å². The molecule has 0 heterocycles. The Morgan fingerprint density at radius 1 is 1.05 bits per heavy atom. The molecule has 116 valence electrons. The van der Waals surface area contributed by atoms with Crippen molar-refractivity contribution in [2.45, 2.75) is 6.54 Å². The minimum Gasteiger partial charge on any atom is -0.508 e. The summed E-state index contributed by atoms with van der Waals surface area (Å²) >= 11 is 0. The van der Waals surface area contributed by atoms with E-state index in [1.54, 1.807) is 0 Å². The fourth-order valence-corrected chi connectivity index (χ4v) is 2.05. The third-order valence-corrected chi connectivity index (χ3v) is 3.03. The Morgan fingerprint density at radius 3 is 2.27 bits per heavy atom. The van der Waals surface area contributed by atoms with Gasteiger partial charge < -0.3 is 25.5 Å². The van der Waals surface area contributed by atoms with Gasteiger partial charge >= 0.3 is 6.03 Å². The highest BCUT2D eigenvalue weighted by atomic mass is 16.3. The van der Waals surface area contributed by atoms with Crippen molar-refractivity contribution >= 4 is 11.7 Å². The number of benzene rings is 2. The van der Waals surface area contributed by atoms with Gasteiger partial charge in [-0.3, -0.25) is 0 Å². The average molecular weight is 302 g/mol. The number of phenolic OH excluding ortho intramolecular Hbond substituents is 2. The summed E-state index contributed by atoms with van der Waals surface area (Å²) < 4.78 is 0. The molecule has 0 aliphatic rings. The van der Waals surface area contributed by atoms with E-state index >= 15 is 0 Å². The minimum atomic E-state index is -0.428. The summed E-state index contributed by atoms with van der Waals surface area (Å²) in [5, 5.41) is 30.5. The van der Waals surface area contributed by atoms with Crippen LogP contribution in [0.1, 0.15) is 5.56 Å². The maximum absolute atomic E-state index is 12.3. The number of hydrogen-bond donors (Lipinski definition) is 4. The molecule has 4 N–H and O–H groups in total. The fourth-order valence-electron chi connectivity index (χ4n) is 2.05. The number of rotatable bonds is 5. The van der Waals surface area contributed by atoms with E-state index in [2.05, 4.69) is 5.32 Å². The fraction of sp³-hybridized carbons (Fsp3) is 0.188. The van der Waals surface area contributed by atoms with Crippen molar-refractivity contribution < 1.29 is 20.1 Å². The molecule has 6 heteroatoms. The first kappa shape index (κ1) is 15.7. The number of aliphatic hydroxyl groups is 1. The van der Waals surface area contributed by atoms with Gasteiger partial charge in [0.15, 0.2) is 0 Å². The maximum atomic E-state index is 12.3. The van der Waals surface area contributed by atoms with Crippen LogP contribution in [0.2, 0.25) is 0 Å². The van der Waals surface area contributed by atoms with E-state index in [9.17, 15) is 15.0 Å². The summed E-state index contributed by atoms with van der Waals surface area (Å²) in [5.74, 6) is -0.292. The first-order chi connectivity index (χ1) is 10.6. The van der Waals surface area contributed by atoms with Crippen LogP contribution in [-0.4, -0.2) is 39.4 Å². The van der Waals surface area contributed by atoms with E-state index in [-0.39, 0.29) is 30.3 Å². The van der Waals surface area contributed by atoms with E-state index in [0.29, 0.717) is 6.54 Å². The lowest BCUT2D eigenvalue weighted by molar-refractivity contribution is 0.185. The van der Waals surface area contributed by atoms with Crippen LogP contribution in [0.3, 0.4) is 0 Å². The highest BCUT2D eigenvalue weighted by Gasteiger charge is 2.14. The highest BCUT2D eigenvalue weighted by molar-refractivity contribution is 5.89. The molecule has 0 fully saturated rings. The zero-order valence-corrected chi connectivity index (χ0v) is 11.9. The number of aromatic hydroxyl groups is 2. The number of nitrogens with one attached hydrogen (secondary N) is 1. The first-order valence-corrected chi connectivity index (χ1v) is 6.82.